The summed E-state index contributed by atoms with van der Waals surface area (Å²) in [4.78, 5) is 17.6. The summed E-state index contributed by atoms with van der Waals surface area (Å²) in [6.45, 7) is 6.81. The van der Waals surface area contributed by atoms with Crippen molar-refractivity contribution < 1.29 is 9.32 Å². The van der Waals surface area contributed by atoms with Crippen molar-refractivity contribution in [1.82, 2.24) is 15.0 Å². The molecule has 0 aliphatic carbocycles. The average Bonchev–Trinajstić information content (AvgIpc) is 2.86. The summed E-state index contributed by atoms with van der Waals surface area (Å²) in [5.74, 6) is 0.617. The van der Waals surface area contributed by atoms with Crippen LogP contribution in [0.1, 0.15) is 56.2 Å². The molecular formula is C11H17N3O2. The van der Waals surface area contributed by atoms with Crippen LogP contribution in [0.3, 0.4) is 0 Å². The van der Waals surface area contributed by atoms with E-state index in [-0.39, 0.29) is 17.6 Å². The second kappa shape index (κ2) is 4.33. The largest absolute Gasteiger partial charge is 0.337 e. The standard InChI is InChI=1S/C11H17N3O2/c1-7(2)14-6-4-5-9(14)11-12-10(8(3)15)13-16-11/h7,9H,4-6H2,1-3H3. The molecule has 5 nitrogen and oxygen atoms in total. The summed E-state index contributed by atoms with van der Waals surface area (Å²) < 4.78 is 5.17. The fourth-order valence-corrected chi connectivity index (χ4v) is 2.19. The third-order valence-corrected chi connectivity index (χ3v) is 3.00. The van der Waals surface area contributed by atoms with Gasteiger partial charge >= 0.3 is 0 Å². The molecule has 1 saturated heterocycles. The molecule has 0 saturated carbocycles. The first-order valence-corrected chi connectivity index (χ1v) is 5.70. The Bertz CT molecular complexity index is 386. The van der Waals surface area contributed by atoms with E-state index in [0.29, 0.717) is 11.9 Å². The molecule has 1 fully saturated rings. The van der Waals surface area contributed by atoms with Crippen molar-refractivity contribution in [2.24, 2.45) is 0 Å². The second-order valence-corrected chi connectivity index (χ2v) is 4.50. The van der Waals surface area contributed by atoms with Gasteiger partial charge in [0.25, 0.3) is 0 Å². The van der Waals surface area contributed by atoms with Gasteiger partial charge in [-0.3, -0.25) is 9.69 Å². The van der Waals surface area contributed by atoms with Crippen LogP contribution in [0.4, 0.5) is 0 Å². The van der Waals surface area contributed by atoms with E-state index in [1.54, 1.807) is 0 Å². The number of Topliss-reactive ketones (excluding diaryl/α,β-unsaturated/α-hetero) is 1. The minimum Gasteiger partial charge on any atom is -0.337 e. The SMILES string of the molecule is CC(=O)c1noc(C2CCCN2C(C)C)n1. The molecule has 1 aliphatic rings. The molecular weight excluding hydrogens is 206 g/mol. The van der Waals surface area contributed by atoms with E-state index >= 15 is 0 Å². The van der Waals surface area contributed by atoms with Gasteiger partial charge in [0.15, 0.2) is 0 Å². The van der Waals surface area contributed by atoms with Crippen LogP contribution < -0.4 is 0 Å². The van der Waals surface area contributed by atoms with E-state index in [4.69, 9.17) is 4.52 Å². The molecule has 1 aromatic heterocycles. The molecule has 88 valence electrons. The maximum Gasteiger partial charge on any atom is 0.244 e. The second-order valence-electron chi connectivity index (χ2n) is 4.50. The third-order valence-electron chi connectivity index (χ3n) is 3.00. The van der Waals surface area contributed by atoms with E-state index in [2.05, 4.69) is 28.9 Å². The molecule has 0 bridgehead atoms. The van der Waals surface area contributed by atoms with Gasteiger partial charge in [0.1, 0.15) is 0 Å². The van der Waals surface area contributed by atoms with Crippen molar-refractivity contribution in [3.63, 3.8) is 0 Å². The molecule has 1 atom stereocenters. The average molecular weight is 223 g/mol. The molecule has 0 N–H and O–H groups in total. The molecule has 16 heavy (non-hydrogen) atoms. The lowest BCUT2D eigenvalue weighted by Crippen LogP contribution is -2.30. The molecule has 2 rings (SSSR count). The van der Waals surface area contributed by atoms with E-state index in [1.165, 1.54) is 6.92 Å². The normalized spacial score (nSPS) is 21.9. The zero-order chi connectivity index (χ0) is 11.7. The highest BCUT2D eigenvalue weighted by Crippen LogP contribution is 2.32. The van der Waals surface area contributed by atoms with Gasteiger partial charge in [-0.05, 0) is 33.2 Å². The first-order chi connectivity index (χ1) is 7.59. The molecule has 0 radical (unpaired) electrons. The van der Waals surface area contributed by atoms with Crippen LogP contribution in [-0.4, -0.2) is 33.4 Å². The molecule has 1 unspecified atom stereocenters. The molecule has 2 heterocycles. The van der Waals surface area contributed by atoms with Gasteiger partial charge in [0.05, 0.1) is 6.04 Å². The molecule has 0 amide bonds. The number of rotatable bonds is 3. The molecule has 0 aromatic carbocycles. The summed E-state index contributed by atoms with van der Waals surface area (Å²) in [7, 11) is 0. The van der Waals surface area contributed by atoms with Crippen molar-refractivity contribution in [2.45, 2.75) is 45.7 Å². The number of hydrogen-bond donors (Lipinski definition) is 0. The fourth-order valence-electron chi connectivity index (χ4n) is 2.19. The summed E-state index contributed by atoms with van der Waals surface area (Å²) in [5.41, 5.74) is 0. The van der Waals surface area contributed by atoms with Gasteiger partial charge < -0.3 is 4.52 Å². The van der Waals surface area contributed by atoms with Crippen LogP contribution in [-0.2, 0) is 0 Å². The molecule has 5 heteroatoms. The van der Waals surface area contributed by atoms with E-state index in [9.17, 15) is 4.79 Å². The monoisotopic (exact) mass is 223 g/mol. The van der Waals surface area contributed by atoms with Crippen molar-refractivity contribution in [1.29, 1.82) is 0 Å². The van der Waals surface area contributed by atoms with Gasteiger partial charge in [-0.2, -0.15) is 4.98 Å². The molecule has 0 spiro atoms. The van der Waals surface area contributed by atoms with Crippen LogP contribution in [0, 0.1) is 0 Å². The van der Waals surface area contributed by atoms with Crippen LogP contribution in [0.15, 0.2) is 4.52 Å². The number of aromatic nitrogens is 2. The van der Waals surface area contributed by atoms with Crippen LogP contribution in [0.2, 0.25) is 0 Å². The Kier molecular flexibility index (Phi) is 3.05. The van der Waals surface area contributed by atoms with E-state index in [1.807, 2.05) is 0 Å². The fraction of sp³-hybridized carbons (Fsp3) is 0.727. The maximum atomic E-state index is 11.1. The number of likely N-dealkylation sites (tertiary alicyclic amines) is 1. The van der Waals surface area contributed by atoms with Crippen molar-refractivity contribution >= 4 is 5.78 Å². The van der Waals surface area contributed by atoms with Crippen molar-refractivity contribution in [3.8, 4) is 0 Å². The smallest absolute Gasteiger partial charge is 0.244 e. The lowest BCUT2D eigenvalue weighted by molar-refractivity contribution is 0.100. The number of nitrogens with zero attached hydrogens (tertiary/aromatic N) is 3. The Balaban J connectivity index is 2.19. The summed E-state index contributed by atoms with van der Waals surface area (Å²) in [6, 6.07) is 0.640. The summed E-state index contributed by atoms with van der Waals surface area (Å²) in [6.07, 6.45) is 2.17. The Labute approximate surface area is 94.8 Å². The predicted octanol–water partition coefficient (Wildman–Crippen LogP) is 1.82. The van der Waals surface area contributed by atoms with Gasteiger partial charge in [-0.15, -0.1) is 0 Å². The number of hydrogen-bond acceptors (Lipinski definition) is 5. The van der Waals surface area contributed by atoms with Crippen molar-refractivity contribution in [2.75, 3.05) is 6.54 Å². The number of ketones is 1. The Morgan fingerprint density at radius 2 is 2.31 bits per heavy atom. The Morgan fingerprint density at radius 3 is 2.88 bits per heavy atom. The third kappa shape index (κ3) is 2.00. The molecule has 1 aliphatic heterocycles. The van der Waals surface area contributed by atoms with Crippen molar-refractivity contribution in [3.05, 3.63) is 11.7 Å². The Morgan fingerprint density at radius 1 is 1.56 bits per heavy atom. The lowest BCUT2D eigenvalue weighted by atomic mass is 10.2. The highest BCUT2D eigenvalue weighted by atomic mass is 16.5. The van der Waals surface area contributed by atoms with Crippen LogP contribution >= 0.6 is 0 Å². The quantitative estimate of drug-likeness (QED) is 0.731. The highest BCUT2D eigenvalue weighted by Gasteiger charge is 2.32. The zero-order valence-electron chi connectivity index (χ0n) is 9.93. The maximum absolute atomic E-state index is 11.1. The molecule has 1 aromatic rings. The highest BCUT2D eigenvalue weighted by molar-refractivity contribution is 5.89. The van der Waals surface area contributed by atoms with Gasteiger partial charge in [-0.1, -0.05) is 5.16 Å². The van der Waals surface area contributed by atoms with Gasteiger partial charge in [0, 0.05) is 13.0 Å². The minimum atomic E-state index is -0.149. The topological polar surface area (TPSA) is 59.2 Å². The number of carbonyl (C=O) groups excluding carboxylic acids is 1. The summed E-state index contributed by atoms with van der Waals surface area (Å²) in [5, 5.41) is 3.69. The van der Waals surface area contributed by atoms with Crippen LogP contribution in [0.25, 0.3) is 0 Å². The van der Waals surface area contributed by atoms with E-state index in [0.717, 1.165) is 19.4 Å². The zero-order valence-corrected chi connectivity index (χ0v) is 9.93. The predicted molar refractivity (Wildman–Crippen MR) is 58.1 cm³/mol. The first kappa shape index (κ1) is 11.3. The minimum absolute atomic E-state index is 0.149. The van der Waals surface area contributed by atoms with Gasteiger partial charge in [-0.25, -0.2) is 0 Å². The first-order valence-electron chi connectivity index (χ1n) is 5.70. The van der Waals surface area contributed by atoms with Gasteiger partial charge in [0.2, 0.25) is 17.5 Å². The van der Waals surface area contributed by atoms with E-state index < -0.39 is 0 Å². The summed E-state index contributed by atoms with van der Waals surface area (Å²) >= 11 is 0. The number of carbonyl (C=O) groups is 1. The van der Waals surface area contributed by atoms with Crippen LogP contribution in [0.5, 0.6) is 0 Å². The Hall–Kier alpha value is -1.23. The lowest BCUT2D eigenvalue weighted by Gasteiger charge is -2.25.